The van der Waals surface area contributed by atoms with E-state index in [1.54, 1.807) is 0 Å². The summed E-state index contributed by atoms with van der Waals surface area (Å²) >= 11 is 0. The molecule has 2 aliphatic heterocycles. The molecule has 2 heterocycles. The van der Waals surface area contributed by atoms with Crippen molar-refractivity contribution in [2.24, 2.45) is 0 Å². The third kappa shape index (κ3) is 3.75. The number of hydrogen-bond acceptors (Lipinski definition) is 3. The van der Waals surface area contributed by atoms with Crippen LogP contribution in [0.25, 0.3) is 0 Å². The minimum absolute atomic E-state index is 0.0926. The van der Waals surface area contributed by atoms with Crippen molar-refractivity contribution in [1.29, 1.82) is 0 Å². The summed E-state index contributed by atoms with van der Waals surface area (Å²) in [5.74, 6) is 0.318. The zero-order chi connectivity index (χ0) is 17.1. The van der Waals surface area contributed by atoms with E-state index in [-0.39, 0.29) is 6.04 Å². The van der Waals surface area contributed by atoms with Crippen LogP contribution in [0.3, 0.4) is 0 Å². The van der Waals surface area contributed by atoms with E-state index in [0.29, 0.717) is 5.91 Å². The number of rotatable bonds is 4. The van der Waals surface area contributed by atoms with Crippen molar-refractivity contribution >= 4 is 5.91 Å². The van der Waals surface area contributed by atoms with Crippen molar-refractivity contribution in [3.63, 3.8) is 0 Å². The molecule has 1 saturated carbocycles. The van der Waals surface area contributed by atoms with E-state index >= 15 is 0 Å². The normalized spacial score (nSPS) is 24.7. The van der Waals surface area contributed by atoms with E-state index in [0.717, 1.165) is 63.7 Å². The smallest absolute Gasteiger partial charge is 0.244 e. The first kappa shape index (κ1) is 17.0. The monoisotopic (exact) mass is 341 g/mol. The zero-order valence-corrected chi connectivity index (χ0v) is 15.3. The first-order valence-corrected chi connectivity index (χ1v) is 10.1. The SMILES string of the molecule is O=C(C(c1ccccc1)N1CCN(C2CCCC2)CC1)N1CCCC1. The Kier molecular flexibility index (Phi) is 5.37. The van der Waals surface area contributed by atoms with Crippen LogP contribution in [0, 0.1) is 0 Å². The Morgan fingerprint density at radius 3 is 2.12 bits per heavy atom. The predicted octanol–water partition coefficient (Wildman–Crippen LogP) is 2.91. The van der Waals surface area contributed by atoms with E-state index in [1.807, 2.05) is 6.07 Å². The molecule has 1 unspecified atom stereocenters. The van der Waals surface area contributed by atoms with Crippen molar-refractivity contribution in [3.8, 4) is 0 Å². The minimum atomic E-state index is -0.0926. The van der Waals surface area contributed by atoms with Gasteiger partial charge in [0.05, 0.1) is 0 Å². The van der Waals surface area contributed by atoms with Crippen LogP contribution in [0.4, 0.5) is 0 Å². The van der Waals surface area contributed by atoms with Gasteiger partial charge in [-0.05, 0) is 31.2 Å². The molecule has 1 aliphatic carbocycles. The van der Waals surface area contributed by atoms with Gasteiger partial charge in [-0.1, -0.05) is 43.2 Å². The lowest BCUT2D eigenvalue weighted by atomic mass is 10.0. The van der Waals surface area contributed by atoms with Crippen LogP contribution in [0.5, 0.6) is 0 Å². The summed E-state index contributed by atoms with van der Waals surface area (Å²) in [6, 6.07) is 11.1. The number of benzene rings is 1. The van der Waals surface area contributed by atoms with E-state index in [9.17, 15) is 4.79 Å². The Morgan fingerprint density at radius 1 is 0.840 bits per heavy atom. The first-order valence-electron chi connectivity index (χ1n) is 10.1. The molecule has 2 saturated heterocycles. The summed E-state index contributed by atoms with van der Waals surface area (Å²) in [7, 11) is 0. The van der Waals surface area contributed by atoms with E-state index < -0.39 is 0 Å². The van der Waals surface area contributed by atoms with Gasteiger partial charge >= 0.3 is 0 Å². The van der Waals surface area contributed by atoms with E-state index in [2.05, 4.69) is 39.0 Å². The van der Waals surface area contributed by atoms with Gasteiger partial charge in [0.2, 0.25) is 5.91 Å². The van der Waals surface area contributed by atoms with Crippen LogP contribution in [-0.4, -0.2) is 65.9 Å². The van der Waals surface area contributed by atoms with Crippen molar-refractivity contribution in [3.05, 3.63) is 35.9 Å². The quantitative estimate of drug-likeness (QED) is 0.842. The second kappa shape index (κ2) is 7.88. The fourth-order valence-electron chi connectivity index (χ4n) is 4.89. The van der Waals surface area contributed by atoms with Crippen LogP contribution in [0.15, 0.2) is 30.3 Å². The fraction of sp³-hybridized carbons (Fsp3) is 0.667. The van der Waals surface area contributed by atoms with Gasteiger partial charge in [-0.3, -0.25) is 14.6 Å². The standard InChI is InChI=1S/C21H31N3O/c25-21(24-12-6-7-13-24)20(18-8-2-1-3-9-18)23-16-14-22(15-17-23)19-10-4-5-11-19/h1-3,8-9,19-20H,4-7,10-17H2. The number of carbonyl (C=O) groups excluding carboxylic acids is 1. The first-order chi connectivity index (χ1) is 12.3. The van der Waals surface area contributed by atoms with Crippen LogP contribution >= 0.6 is 0 Å². The lowest BCUT2D eigenvalue weighted by molar-refractivity contribution is -0.137. The number of hydrogen-bond donors (Lipinski definition) is 0. The topological polar surface area (TPSA) is 26.8 Å². The molecular formula is C21H31N3O. The summed E-state index contributed by atoms with van der Waals surface area (Å²) in [5.41, 5.74) is 1.16. The van der Waals surface area contributed by atoms with E-state index in [1.165, 1.54) is 25.7 Å². The van der Waals surface area contributed by atoms with Crippen LogP contribution in [0.1, 0.15) is 50.1 Å². The maximum atomic E-state index is 13.3. The lowest BCUT2D eigenvalue weighted by Crippen LogP contribution is -2.53. The molecule has 25 heavy (non-hydrogen) atoms. The predicted molar refractivity (Wildman–Crippen MR) is 100 cm³/mol. The van der Waals surface area contributed by atoms with Crippen LogP contribution in [-0.2, 0) is 4.79 Å². The molecule has 0 aromatic heterocycles. The van der Waals surface area contributed by atoms with Gasteiger partial charge in [0.1, 0.15) is 6.04 Å². The summed E-state index contributed by atoms with van der Waals surface area (Å²) in [5, 5.41) is 0. The van der Waals surface area contributed by atoms with Gasteiger partial charge in [-0.15, -0.1) is 0 Å². The third-order valence-electron chi connectivity index (χ3n) is 6.32. The molecule has 3 fully saturated rings. The summed E-state index contributed by atoms with van der Waals surface area (Å²) < 4.78 is 0. The Bertz CT molecular complexity index is 556. The lowest BCUT2D eigenvalue weighted by Gasteiger charge is -2.42. The van der Waals surface area contributed by atoms with Crippen LogP contribution < -0.4 is 0 Å². The van der Waals surface area contributed by atoms with Gasteiger partial charge in [0.25, 0.3) is 0 Å². The zero-order valence-electron chi connectivity index (χ0n) is 15.3. The maximum absolute atomic E-state index is 13.3. The summed E-state index contributed by atoms with van der Waals surface area (Å²) in [6.07, 6.45) is 7.84. The van der Waals surface area contributed by atoms with Gasteiger partial charge in [-0.2, -0.15) is 0 Å². The molecule has 1 aromatic carbocycles. The van der Waals surface area contributed by atoms with Crippen molar-refractivity contribution in [1.82, 2.24) is 14.7 Å². The number of piperazine rings is 1. The molecule has 0 radical (unpaired) electrons. The largest absolute Gasteiger partial charge is 0.341 e. The molecule has 0 N–H and O–H groups in total. The Morgan fingerprint density at radius 2 is 1.48 bits per heavy atom. The highest BCUT2D eigenvalue weighted by atomic mass is 16.2. The van der Waals surface area contributed by atoms with Crippen molar-refractivity contribution in [2.45, 2.75) is 50.6 Å². The molecule has 4 nitrogen and oxygen atoms in total. The number of likely N-dealkylation sites (tertiary alicyclic amines) is 1. The van der Waals surface area contributed by atoms with Crippen molar-refractivity contribution in [2.75, 3.05) is 39.3 Å². The molecule has 3 aliphatic rings. The minimum Gasteiger partial charge on any atom is -0.341 e. The Balaban J connectivity index is 1.47. The molecule has 136 valence electrons. The average Bonchev–Trinajstić information content (AvgIpc) is 3.37. The second-order valence-electron chi connectivity index (χ2n) is 7.86. The third-order valence-corrected chi connectivity index (χ3v) is 6.32. The van der Waals surface area contributed by atoms with Gasteiger partial charge in [0, 0.05) is 45.3 Å². The number of nitrogens with zero attached hydrogens (tertiary/aromatic N) is 3. The van der Waals surface area contributed by atoms with Crippen LogP contribution in [0.2, 0.25) is 0 Å². The van der Waals surface area contributed by atoms with Gasteiger partial charge < -0.3 is 4.90 Å². The highest BCUT2D eigenvalue weighted by molar-refractivity contribution is 5.83. The summed E-state index contributed by atoms with van der Waals surface area (Å²) in [6.45, 7) is 6.11. The van der Waals surface area contributed by atoms with E-state index in [4.69, 9.17) is 0 Å². The molecule has 1 aromatic rings. The molecule has 1 atom stereocenters. The Hall–Kier alpha value is -1.39. The maximum Gasteiger partial charge on any atom is 0.244 e. The number of carbonyl (C=O) groups is 1. The molecule has 0 spiro atoms. The second-order valence-corrected chi connectivity index (χ2v) is 7.86. The van der Waals surface area contributed by atoms with Gasteiger partial charge in [-0.25, -0.2) is 0 Å². The number of amides is 1. The van der Waals surface area contributed by atoms with Crippen molar-refractivity contribution < 1.29 is 4.79 Å². The highest BCUT2D eigenvalue weighted by Crippen LogP contribution is 2.29. The molecule has 0 bridgehead atoms. The fourth-order valence-corrected chi connectivity index (χ4v) is 4.89. The molecule has 4 heteroatoms. The summed E-state index contributed by atoms with van der Waals surface area (Å²) in [4.78, 5) is 20.4. The highest BCUT2D eigenvalue weighted by Gasteiger charge is 2.35. The average molecular weight is 341 g/mol. The van der Waals surface area contributed by atoms with Gasteiger partial charge in [0.15, 0.2) is 0 Å². The molecular weight excluding hydrogens is 310 g/mol. The molecule has 1 amide bonds. The Labute approximate surface area is 151 Å². The molecule has 4 rings (SSSR count).